The highest BCUT2D eigenvalue weighted by Crippen LogP contribution is 2.22. The third-order valence-electron chi connectivity index (χ3n) is 3.35. The van der Waals surface area contributed by atoms with Crippen LogP contribution in [0, 0.1) is 0 Å². The van der Waals surface area contributed by atoms with Gasteiger partial charge in [-0.15, -0.1) is 11.3 Å². The van der Waals surface area contributed by atoms with Gasteiger partial charge in [-0.25, -0.2) is 9.78 Å². The molecule has 0 spiro atoms. The molecule has 0 aliphatic rings. The van der Waals surface area contributed by atoms with E-state index in [2.05, 4.69) is 11.9 Å². The van der Waals surface area contributed by atoms with Crippen LogP contribution in [0.4, 0.5) is 0 Å². The van der Waals surface area contributed by atoms with Gasteiger partial charge in [-0.3, -0.25) is 9.36 Å². The summed E-state index contributed by atoms with van der Waals surface area (Å²) in [4.78, 5) is 29.7. The highest BCUT2D eigenvalue weighted by molar-refractivity contribution is 7.20. The summed E-state index contributed by atoms with van der Waals surface area (Å²) in [6, 6.07) is 1.59. The van der Waals surface area contributed by atoms with Crippen LogP contribution in [-0.4, -0.2) is 22.1 Å². The van der Waals surface area contributed by atoms with Crippen molar-refractivity contribution in [3.8, 4) is 0 Å². The molecule has 0 unspecified atom stereocenters. The van der Waals surface area contributed by atoms with Crippen molar-refractivity contribution in [1.82, 2.24) is 9.55 Å². The Kier molecular flexibility index (Phi) is 5.12. The van der Waals surface area contributed by atoms with Gasteiger partial charge in [-0.2, -0.15) is 0 Å². The maximum Gasteiger partial charge on any atom is 0.348 e. The Morgan fingerprint density at radius 3 is 2.81 bits per heavy atom. The molecule has 2 rings (SSSR count). The lowest BCUT2D eigenvalue weighted by Gasteiger charge is -2.06. The first-order chi connectivity index (χ1) is 10.1. The van der Waals surface area contributed by atoms with Crippen LogP contribution in [-0.2, 0) is 18.2 Å². The summed E-state index contributed by atoms with van der Waals surface area (Å²) in [5.41, 5.74) is -0.0988. The van der Waals surface area contributed by atoms with E-state index in [1.165, 1.54) is 11.3 Å². The first-order valence-electron chi connectivity index (χ1n) is 7.25. The summed E-state index contributed by atoms with van der Waals surface area (Å²) in [6.45, 7) is 4.22. The van der Waals surface area contributed by atoms with Crippen molar-refractivity contribution in [1.29, 1.82) is 0 Å². The number of rotatable bonds is 6. The van der Waals surface area contributed by atoms with E-state index in [1.54, 1.807) is 24.6 Å². The SMILES string of the molecule is CCCCCc1nc2sc(C(=O)OCC)cc2c(=O)n1C. The van der Waals surface area contributed by atoms with E-state index in [-0.39, 0.29) is 5.56 Å². The monoisotopic (exact) mass is 308 g/mol. The van der Waals surface area contributed by atoms with Gasteiger partial charge < -0.3 is 4.74 Å². The van der Waals surface area contributed by atoms with Gasteiger partial charge in [0.1, 0.15) is 15.5 Å². The van der Waals surface area contributed by atoms with Gasteiger partial charge in [-0.05, 0) is 19.4 Å². The van der Waals surface area contributed by atoms with Gasteiger partial charge in [0.15, 0.2) is 0 Å². The Morgan fingerprint density at radius 1 is 1.38 bits per heavy atom. The van der Waals surface area contributed by atoms with E-state index in [0.717, 1.165) is 31.5 Å². The van der Waals surface area contributed by atoms with E-state index in [9.17, 15) is 9.59 Å². The van der Waals surface area contributed by atoms with Gasteiger partial charge in [-0.1, -0.05) is 19.8 Å². The first kappa shape index (κ1) is 15.7. The molecule has 0 radical (unpaired) electrons. The van der Waals surface area contributed by atoms with Crippen molar-refractivity contribution in [2.75, 3.05) is 6.61 Å². The fraction of sp³-hybridized carbons (Fsp3) is 0.533. The van der Waals surface area contributed by atoms with Crippen LogP contribution in [0.1, 0.15) is 48.6 Å². The van der Waals surface area contributed by atoms with Crippen molar-refractivity contribution < 1.29 is 9.53 Å². The van der Waals surface area contributed by atoms with Crippen LogP contribution < -0.4 is 5.56 Å². The number of aromatic nitrogens is 2. The van der Waals surface area contributed by atoms with Gasteiger partial charge in [0.25, 0.3) is 5.56 Å². The van der Waals surface area contributed by atoms with Crippen LogP contribution in [0.15, 0.2) is 10.9 Å². The molecule has 2 aromatic heterocycles. The average Bonchev–Trinajstić information content (AvgIpc) is 2.89. The Labute approximate surface area is 127 Å². The molecule has 0 saturated heterocycles. The Hall–Kier alpha value is -1.69. The first-order valence-corrected chi connectivity index (χ1v) is 8.06. The largest absolute Gasteiger partial charge is 0.462 e. The summed E-state index contributed by atoms with van der Waals surface area (Å²) >= 11 is 1.22. The Bertz CT molecular complexity index is 703. The van der Waals surface area contributed by atoms with Crippen LogP contribution in [0.3, 0.4) is 0 Å². The molecule has 2 heterocycles. The number of fused-ring (bicyclic) bond motifs is 1. The van der Waals surface area contributed by atoms with Crippen molar-refractivity contribution >= 4 is 27.5 Å². The topological polar surface area (TPSA) is 61.2 Å². The van der Waals surface area contributed by atoms with Crippen molar-refractivity contribution in [3.05, 3.63) is 27.1 Å². The molecule has 0 N–H and O–H groups in total. The number of unbranched alkanes of at least 4 members (excludes halogenated alkanes) is 2. The minimum absolute atomic E-state index is 0.0988. The molecule has 5 nitrogen and oxygen atoms in total. The second-order valence-corrected chi connectivity index (χ2v) is 5.93. The standard InChI is InChI=1S/C15H20N2O3S/c1-4-6-7-8-12-16-13-10(14(18)17(12)3)9-11(21-13)15(19)20-5-2/h9H,4-8H2,1-3H3. The number of hydrogen-bond donors (Lipinski definition) is 0. The predicted octanol–water partition coefficient (Wildman–Crippen LogP) is 2.90. The molecule has 0 atom stereocenters. The van der Waals surface area contributed by atoms with Crippen molar-refractivity contribution in [3.63, 3.8) is 0 Å². The normalized spacial score (nSPS) is 11.0. The van der Waals surface area contributed by atoms with Crippen LogP contribution in [0.2, 0.25) is 0 Å². The summed E-state index contributed by atoms with van der Waals surface area (Å²) < 4.78 is 6.56. The molecular weight excluding hydrogens is 288 g/mol. The molecule has 0 bridgehead atoms. The van der Waals surface area contributed by atoms with Crippen LogP contribution >= 0.6 is 11.3 Å². The average molecular weight is 308 g/mol. The third-order valence-corrected chi connectivity index (χ3v) is 4.35. The number of esters is 1. The quantitative estimate of drug-likeness (QED) is 0.608. The smallest absolute Gasteiger partial charge is 0.348 e. The summed E-state index contributed by atoms with van der Waals surface area (Å²) in [5, 5.41) is 0.491. The Morgan fingerprint density at radius 2 is 2.14 bits per heavy atom. The van der Waals surface area contributed by atoms with Crippen LogP contribution in [0.25, 0.3) is 10.2 Å². The molecule has 0 amide bonds. The molecular formula is C15H20N2O3S. The maximum atomic E-state index is 12.4. The zero-order chi connectivity index (χ0) is 15.4. The zero-order valence-corrected chi connectivity index (χ0v) is 13.5. The molecule has 2 aromatic rings. The lowest BCUT2D eigenvalue weighted by atomic mass is 10.2. The number of carbonyl (C=O) groups is 1. The summed E-state index contributed by atoms with van der Waals surface area (Å²) in [7, 11) is 1.73. The molecule has 6 heteroatoms. The van der Waals surface area contributed by atoms with E-state index in [0.29, 0.717) is 21.7 Å². The number of nitrogens with zero attached hydrogens (tertiary/aromatic N) is 2. The van der Waals surface area contributed by atoms with Crippen LogP contribution in [0.5, 0.6) is 0 Å². The van der Waals surface area contributed by atoms with Crippen molar-refractivity contribution in [2.24, 2.45) is 7.05 Å². The minimum atomic E-state index is -0.393. The molecule has 0 aromatic carbocycles. The number of carbonyl (C=O) groups excluding carboxylic acids is 1. The van der Waals surface area contributed by atoms with Gasteiger partial charge in [0.05, 0.1) is 12.0 Å². The Balaban J connectivity index is 2.40. The van der Waals surface area contributed by atoms with Gasteiger partial charge in [0, 0.05) is 13.5 Å². The fourth-order valence-electron chi connectivity index (χ4n) is 2.17. The van der Waals surface area contributed by atoms with Gasteiger partial charge in [0.2, 0.25) is 0 Å². The van der Waals surface area contributed by atoms with E-state index in [4.69, 9.17) is 4.74 Å². The molecule has 0 aliphatic carbocycles. The predicted molar refractivity (Wildman–Crippen MR) is 84.0 cm³/mol. The molecule has 0 aliphatic heterocycles. The summed E-state index contributed by atoms with van der Waals surface area (Å²) in [6.07, 6.45) is 4.04. The van der Waals surface area contributed by atoms with E-state index < -0.39 is 5.97 Å². The minimum Gasteiger partial charge on any atom is -0.462 e. The van der Waals surface area contributed by atoms with Crippen molar-refractivity contribution in [2.45, 2.75) is 39.5 Å². The zero-order valence-electron chi connectivity index (χ0n) is 12.6. The summed E-state index contributed by atoms with van der Waals surface area (Å²) in [5.74, 6) is 0.383. The number of hydrogen-bond acceptors (Lipinski definition) is 5. The molecule has 21 heavy (non-hydrogen) atoms. The maximum absolute atomic E-state index is 12.4. The third kappa shape index (κ3) is 3.32. The van der Waals surface area contributed by atoms with E-state index in [1.807, 2.05) is 0 Å². The number of thiophene rings is 1. The highest BCUT2D eigenvalue weighted by Gasteiger charge is 2.16. The number of aryl methyl sites for hydroxylation is 1. The molecule has 0 fully saturated rings. The molecule has 0 saturated carbocycles. The number of ether oxygens (including phenoxy) is 1. The second kappa shape index (κ2) is 6.85. The second-order valence-electron chi connectivity index (χ2n) is 4.90. The molecule has 114 valence electrons. The highest BCUT2D eigenvalue weighted by atomic mass is 32.1. The van der Waals surface area contributed by atoms with Gasteiger partial charge >= 0.3 is 5.97 Å². The lowest BCUT2D eigenvalue weighted by Crippen LogP contribution is -2.21. The fourth-order valence-corrected chi connectivity index (χ4v) is 3.10. The lowest BCUT2D eigenvalue weighted by molar-refractivity contribution is 0.0532. The van der Waals surface area contributed by atoms with E-state index >= 15 is 0 Å².